The lowest BCUT2D eigenvalue weighted by Gasteiger charge is -2.13. The average Bonchev–Trinajstić information content (AvgIpc) is 2.73. The Bertz CT molecular complexity index is 592. The van der Waals surface area contributed by atoms with Crippen molar-refractivity contribution in [1.82, 2.24) is 15.1 Å². The summed E-state index contributed by atoms with van der Waals surface area (Å²) < 4.78 is 20.0. The van der Waals surface area contributed by atoms with Crippen molar-refractivity contribution in [2.75, 3.05) is 13.7 Å². The van der Waals surface area contributed by atoms with Gasteiger partial charge in [0, 0.05) is 31.0 Å². The van der Waals surface area contributed by atoms with Crippen molar-refractivity contribution < 1.29 is 9.13 Å². The molecule has 1 aromatic carbocycles. The fourth-order valence-electron chi connectivity index (χ4n) is 2.35. The van der Waals surface area contributed by atoms with Gasteiger partial charge in [-0.25, -0.2) is 9.07 Å². The lowest BCUT2D eigenvalue weighted by molar-refractivity contribution is 0.171. The van der Waals surface area contributed by atoms with Gasteiger partial charge < -0.3 is 10.1 Å². The van der Waals surface area contributed by atoms with Gasteiger partial charge in [0.05, 0.1) is 18.0 Å². The van der Waals surface area contributed by atoms with Crippen molar-refractivity contribution in [3.05, 3.63) is 47.0 Å². The molecule has 1 heterocycles. The van der Waals surface area contributed by atoms with Gasteiger partial charge >= 0.3 is 0 Å². The lowest BCUT2D eigenvalue weighted by Crippen LogP contribution is -2.29. The van der Waals surface area contributed by atoms with Crippen LogP contribution in [-0.4, -0.2) is 29.5 Å². The first-order valence-corrected chi connectivity index (χ1v) is 7.06. The van der Waals surface area contributed by atoms with Crippen molar-refractivity contribution in [3.63, 3.8) is 0 Å². The standard InChI is InChI=1S/C16H22FN3O/c1-11(10-21-4)18-9-16-12(2)19-20(13(16)3)15-7-5-14(17)6-8-15/h5-8,11,18H,9-10H2,1-4H3. The molecule has 0 bridgehead atoms. The van der Waals surface area contributed by atoms with Crippen LogP contribution in [-0.2, 0) is 11.3 Å². The van der Waals surface area contributed by atoms with E-state index in [1.165, 1.54) is 17.7 Å². The average molecular weight is 291 g/mol. The number of nitrogens with zero attached hydrogens (tertiary/aromatic N) is 2. The maximum absolute atomic E-state index is 13.0. The van der Waals surface area contributed by atoms with E-state index in [-0.39, 0.29) is 11.9 Å². The number of rotatable bonds is 6. The van der Waals surface area contributed by atoms with E-state index in [1.54, 1.807) is 19.2 Å². The molecule has 0 radical (unpaired) electrons. The molecule has 114 valence electrons. The maximum atomic E-state index is 13.0. The number of nitrogens with one attached hydrogen (secondary N) is 1. The quantitative estimate of drug-likeness (QED) is 0.889. The number of aromatic nitrogens is 2. The molecule has 1 unspecified atom stereocenters. The van der Waals surface area contributed by atoms with Crippen LogP contribution in [0.2, 0.25) is 0 Å². The van der Waals surface area contributed by atoms with Crippen molar-refractivity contribution in [2.45, 2.75) is 33.4 Å². The molecule has 0 amide bonds. The van der Waals surface area contributed by atoms with Crippen LogP contribution >= 0.6 is 0 Å². The Morgan fingerprint density at radius 3 is 2.57 bits per heavy atom. The van der Waals surface area contributed by atoms with Crippen molar-refractivity contribution >= 4 is 0 Å². The molecule has 1 N–H and O–H groups in total. The van der Waals surface area contributed by atoms with E-state index in [1.807, 2.05) is 18.5 Å². The van der Waals surface area contributed by atoms with Gasteiger partial charge in [-0.2, -0.15) is 5.10 Å². The summed E-state index contributed by atoms with van der Waals surface area (Å²) in [7, 11) is 1.70. The van der Waals surface area contributed by atoms with Gasteiger partial charge in [-0.05, 0) is 45.0 Å². The van der Waals surface area contributed by atoms with E-state index >= 15 is 0 Å². The zero-order valence-electron chi connectivity index (χ0n) is 13.0. The highest BCUT2D eigenvalue weighted by Gasteiger charge is 2.13. The van der Waals surface area contributed by atoms with E-state index in [4.69, 9.17) is 4.74 Å². The summed E-state index contributed by atoms with van der Waals surface area (Å²) in [6.07, 6.45) is 0. The first-order valence-electron chi connectivity index (χ1n) is 7.06. The van der Waals surface area contributed by atoms with Gasteiger partial charge in [-0.1, -0.05) is 0 Å². The molecule has 0 saturated carbocycles. The SMILES string of the molecule is COCC(C)NCc1c(C)nn(-c2ccc(F)cc2)c1C. The second kappa shape index (κ2) is 6.83. The molecule has 0 aliphatic heterocycles. The molecular weight excluding hydrogens is 269 g/mol. The van der Waals surface area contributed by atoms with Gasteiger partial charge in [0.25, 0.3) is 0 Å². The van der Waals surface area contributed by atoms with Crippen LogP contribution in [0.1, 0.15) is 23.9 Å². The molecule has 0 spiro atoms. The summed E-state index contributed by atoms with van der Waals surface area (Å²) in [5, 5.41) is 7.97. The summed E-state index contributed by atoms with van der Waals surface area (Å²) in [6, 6.07) is 6.65. The van der Waals surface area contributed by atoms with Crippen LogP contribution in [0.4, 0.5) is 4.39 Å². The Balaban J connectivity index is 2.19. The fourth-order valence-corrected chi connectivity index (χ4v) is 2.35. The van der Waals surface area contributed by atoms with Gasteiger partial charge in [0.2, 0.25) is 0 Å². The zero-order valence-corrected chi connectivity index (χ0v) is 13.0. The molecular formula is C16H22FN3O. The van der Waals surface area contributed by atoms with Crippen LogP contribution in [0.3, 0.4) is 0 Å². The molecule has 0 fully saturated rings. The van der Waals surface area contributed by atoms with Crippen molar-refractivity contribution in [1.29, 1.82) is 0 Å². The Hall–Kier alpha value is -1.72. The van der Waals surface area contributed by atoms with Gasteiger partial charge in [0.15, 0.2) is 0 Å². The minimum atomic E-state index is -0.240. The third kappa shape index (κ3) is 3.68. The Kier molecular flexibility index (Phi) is 5.09. The smallest absolute Gasteiger partial charge is 0.123 e. The lowest BCUT2D eigenvalue weighted by atomic mass is 10.2. The predicted octanol–water partition coefficient (Wildman–Crippen LogP) is 2.75. The minimum Gasteiger partial charge on any atom is -0.383 e. The summed E-state index contributed by atoms with van der Waals surface area (Å²) >= 11 is 0. The van der Waals surface area contributed by atoms with Gasteiger partial charge in [-0.3, -0.25) is 0 Å². The van der Waals surface area contributed by atoms with Crippen LogP contribution in [0.25, 0.3) is 5.69 Å². The number of methoxy groups -OCH3 is 1. The monoisotopic (exact) mass is 291 g/mol. The molecule has 2 rings (SSSR count). The van der Waals surface area contributed by atoms with E-state index in [0.29, 0.717) is 6.61 Å². The Morgan fingerprint density at radius 1 is 1.29 bits per heavy atom. The molecule has 4 nitrogen and oxygen atoms in total. The van der Waals surface area contributed by atoms with E-state index in [2.05, 4.69) is 17.3 Å². The highest BCUT2D eigenvalue weighted by molar-refractivity contribution is 5.37. The summed E-state index contributed by atoms with van der Waals surface area (Å²) in [6.45, 7) is 7.51. The highest BCUT2D eigenvalue weighted by atomic mass is 19.1. The first kappa shape index (κ1) is 15.7. The van der Waals surface area contributed by atoms with E-state index in [9.17, 15) is 4.39 Å². The van der Waals surface area contributed by atoms with Crippen LogP contribution < -0.4 is 5.32 Å². The summed E-state index contributed by atoms with van der Waals surface area (Å²) in [5.41, 5.74) is 4.08. The third-order valence-electron chi connectivity index (χ3n) is 3.56. The molecule has 0 aliphatic carbocycles. The number of hydrogen-bond donors (Lipinski definition) is 1. The molecule has 5 heteroatoms. The topological polar surface area (TPSA) is 39.1 Å². The summed E-state index contributed by atoms with van der Waals surface area (Å²) in [4.78, 5) is 0. The molecule has 21 heavy (non-hydrogen) atoms. The van der Waals surface area contributed by atoms with Crippen LogP contribution in [0, 0.1) is 19.7 Å². The molecule has 2 aromatic rings. The second-order valence-corrected chi connectivity index (χ2v) is 5.27. The Morgan fingerprint density at radius 2 is 1.95 bits per heavy atom. The largest absolute Gasteiger partial charge is 0.383 e. The molecule has 1 aromatic heterocycles. The van der Waals surface area contributed by atoms with E-state index in [0.717, 1.165) is 23.6 Å². The third-order valence-corrected chi connectivity index (χ3v) is 3.56. The normalized spacial score (nSPS) is 12.6. The second-order valence-electron chi connectivity index (χ2n) is 5.27. The van der Waals surface area contributed by atoms with Crippen molar-refractivity contribution in [2.24, 2.45) is 0 Å². The maximum Gasteiger partial charge on any atom is 0.123 e. The van der Waals surface area contributed by atoms with Crippen molar-refractivity contribution in [3.8, 4) is 5.69 Å². The Labute approximate surface area is 124 Å². The van der Waals surface area contributed by atoms with Crippen LogP contribution in [0.15, 0.2) is 24.3 Å². The summed E-state index contributed by atoms with van der Waals surface area (Å²) in [5.74, 6) is -0.240. The number of hydrogen-bond acceptors (Lipinski definition) is 3. The number of aryl methyl sites for hydroxylation is 1. The van der Waals surface area contributed by atoms with Gasteiger partial charge in [-0.15, -0.1) is 0 Å². The molecule has 0 aliphatic rings. The molecule has 1 atom stereocenters. The predicted molar refractivity (Wildman–Crippen MR) is 81.2 cm³/mol. The van der Waals surface area contributed by atoms with Crippen LogP contribution in [0.5, 0.6) is 0 Å². The first-order chi connectivity index (χ1) is 10.0. The zero-order chi connectivity index (χ0) is 15.4. The number of benzene rings is 1. The van der Waals surface area contributed by atoms with Gasteiger partial charge in [0.1, 0.15) is 5.82 Å². The minimum absolute atomic E-state index is 0.240. The highest BCUT2D eigenvalue weighted by Crippen LogP contribution is 2.18. The number of halogens is 1. The number of ether oxygens (including phenoxy) is 1. The van der Waals surface area contributed by atoms with E-state index < -0.39 is 0 Å². The fraction of sp³-hybridized carbons (Fsp3) is 0.438. The molecule has 0 saturated heterocycles.